The molecule has 0 atom stereocenters. The van der Waals surface area contributed by atoms with Crippen molar-refractivity contribution in [3.05, 3.63) is 42.2 Å². The fraction of sp³-hybridized carbons (Fsp3) is 0. The summed E-state index contributed by atoms with van der Waals surface area (Å²) in [6, 6.07) is 9.82. The third-order valence-corrected chi connectivity index (χ3v) is 1.94. The molecule has 13 heavy (non-hydrogen) atoms. The fourth-order valence-corrected chi connectivity index (χ4v) is 1.33. The van der Waals surface area contributed by atoms with Gasteiger partial charge in [0.15, 0.2) is 0 Å². The summed E-state index contributed by atoms with van der Waals surface area (Å²) in [5.74, 6) is -0.302. The molecule has 0 saturated heterocycles. The molecule has 0 aliphatic rings. The molecule has 0 amide bonds. The summed E-state index contributed by atoms with van der Waals surface area (Å²) in [5, 5.41) is 4.90. The van der Waals surface area contributed by atoms with Gasteiger partial charge in [0.25, 0.3) is 0 Å². The zero-order chi connectivity index (χ0) is 9.26. The predicted octanol–water partition coefficient (Wildman–Crippen LogP) is 3.64. The van der Waals surface area contributed by atoms with Gasteiger partial charge >= 0.3 is 0 Å². The van der Waals surface area contributed by atoms with Gasteiger partial charge in [0.1, 0.15) is 5.82 Å². The Morgan fingerprint density at radius 2 is 2.00 bits per heavy atom. The molecule has 3 heteroatoms. The Morgan fingerprint density at radius 3 is 2.77 bits per heavy atom. The Hall–Kier alpha value is -1.77. The van der Waals surface area contributed by atoms with Crippen LogP contribution in [-0.4, -0.2) is 0 Å². The largest absolute Gasteiger partial charge is 0.207 e. The van der Waals surface area contributed by atoms with Crippen LogP contribution in [-0.2, 0) is 0 Å². The van der Waals surface area contributed by atoms with Gasteiger partial charge in [-0.1, -0.05) is 18.2 Å². The van der Waals surface area contributed by atoms with Gasteiger partial charge in [-0.3, -0.25) is 0 Å². The van der Waals surface area contributed by atoms with Gasteiger partial charge in [0.05, 0.1) is 5.69 Å². The number of hydrogen-bond donors (Lipinski definition) is 1. The van der Waals surface area contributed by atoms with Crippen molar-refractivity contribution in [2.75, 3.05) is 0 Å². The summed E-state index contributed by atoms with van der Waals surface area (Å²) in [6.45, 7) is 0. The lowest BCUT2D eigenvalue weighted by molar-refractivity contribution is 0.630. The SMILES string of the molecule is N=Nc1cccc2ccc(F)cc12. The first kappa shape index (κ1) is 7.86. The maximum absolute atomic E-state index is 12.9. The monoisotopic (exact) mass is 174 g/mol. The molecular formula is C10H7FN2. The molecule has 1 N–H and O–H groups in total. The number of fused-ring (bicyclic) bond motifs is 1. The molecule has 0 spiro atoms. The molecule has 0 bridgehead atoms. The van der Waals surface area contributed by atoms with Crippen molar-refractivity contribution in [3.8, 4) is 0 Å². The highest BCUT2D eigenvalue weighted by atomic mass is 19.1. The molecule has 0 aliphatic heterocycles. The molecule has 64 valence electrons. The third-order valence-electron chi connectivity index (χ3n) is 1.94. The van der Waals surface area contributed by atoms with Gasteiger partial charge < -0.3 is 0 Å². The number of rotatable bonds is 1. The van der Waals surface area contributed by atoms with Crippen LogP contribution in [0.1, 0.15) is 0 Å². The average Bonchev–Trinajstić information content (AvgIpc) is 2.17. The summed E-state index contributed by atoms with van der Waals surface area (Å²) < 4.78 is 12.9. The van der Waals surface area contributed by atoms with Crippen LogP contribution in [0.5, 0.6) is 0 Å². The normalized spacial score (nSPS) is 10.2. The number of benzene rings is 2. The molecule has 0 aliphatic carbocycles. The Bertz CT molecular complexity index is 465. The van der Waals surface area contributed by atoms with Crippen molar-refractivity contribution in [2.24, 2.45) is 5.11 Å². The predicted molar refractivity (Wildman–Crippen MR) is 48.7 cm³/mol. The Morgan fingerprint density at radius 1 is 1.15 bits per heavy atom. The molecule has 0 radical (unpaired) electrons. The second-order valence-corrected chi connectivity index (χ2v) is 2.75. The lowest BCUT2D eigenvalue weighted by Crippen LogP contribution is -1.76. The standard InChI is InChI=1S/C10H7FN2/c11-8-5-4-7-2-1-3-10(13-12)9(7)6-8/h1-6,12H. The molecule has 2 aromatic carbocycles. The fourth-order valence-electron chi connectivity index (χ4n) is 1.33. The molecule has 2 rings (SSSR count). The van der Waals surface area contributed by atoms with Crippen molar-refractivity contribution in [3.63, 3.8) is 0 Å². The van der Waals surface area contributed by atoms with Crippen LogP contribution in [0.25, 0.3) is 10.8 Å². The quantitative estimate of drug-likeness (QED) is 0.641. The Labute approximate surface area is 74.5 Å². The van der Waals surface area contributed by atoms with Crippen molar-refractivity contribution in [1.82, 2.24) is 0 Å². The minimum absolute atomic E-state index is 0.302. The number of hydrogen-bond acceptors (Lipinski definition) is 2. The van der Waals surface area contributed by atoms with Crippen LogP contribution in [0.2, 0.25) is 0 Å². The summed E-state index contributed by atoms with van der Waals surface area (Å²) in [7, 11) is 0. The van der Waals surface area contributed by atoms with Crippen molar-refractivity contribution >= 4 is 16.5 Å². The first-order valence-corrected chi connectivity index (χ1v) is 3.87. The molecule has 0 saturated carbocycles. The molecular weight excluding hydrogens is 167 g/mol. The highest BCUT2D eigenvalue weighted by Crippen LogP contribution is 2.25. The van der Waals surface area contributed by atoms with E-state index in [9.17, 15) is 4.39 Å². The average molecular weight is 174 g/mol. The van der Waals surface area contributed by atoms with Crippen LogP contribution >= 0.6 is 0 Å². The molecule has 0 fully saturated rings. The van der Waals surface area contributed by atoms with Crippen LogP contribution in [0.15, 0.2) is 41.5 Å². The minimum Gasteiger partial charge on any atom is -0.207 e. The van der Waals surface area contributed by atoms with E-state index in [0.29, 0.717) is 11.1 Å². The lowest BCUT2D eigenvalue weighted by Gasteiger charge is -1.99. The zero-order valence-electron chi connectivity index (χ0n) is 6.79. The van der Waals surface area contributed by atoms with E-state index in [0.717, 1.165) is 5.39 Å². The number of halogens is 1. The summed E-state index contributed by atoms with van der Waals surface area (Å²) in [5.41, 5.74) is 7.40. The summed E-state index contributed by atoms with van der Waals surface area (Å²) >= 11 is 0. The molecule has 0 heterocycles. The number of nitrogens with zero attached hydrogens (tertiary/aromatic N) is 1. The van der Waals surface area contributed by atoms with Gasteiger partial charge in [-0.05, 0) is 23.6 Å². The van der Waals surface area contributed by atoms with E-state index in [-0.39, 0.29) is 5.82 Å². The maximum Gasteiger partial charge on any atom is 0.123 e. The van der Waals surface area contributed by atoms with Gasteiger partial charge in [-0.25, -0.2) is 9.92 Å². The highest BCUT2D eigenvalue weighted by molar-refractivity contribution is 5.92. The van der Waals surface area contributed by atoms with E-state index in [1.807, 2.05) is 6.07 Å². The van der Waals surface area contributed by atoms with E-state index < -0.39 is 0 Å². The smallest absolute Gasteiger partial charge is 0.123 e. The molecule has 0 aromatic heterocycles. The van der Waals surface area contributed by atoms with Crippen LogP contribution < -0.4 is 0 Å². The van der Waals surface area contributed by atoms with Crippen molar-refractivity contribution < 1.29 is 4.39 Å². The van der Waals surface area contributed by atoms with Crippen LogP contribution in [0, 0.1) is 11.3 Å². The van der Waals surface area contributed by atoms with E-state index in [4.69, 9.17) is 5.53 Å². The van der Waals surface area contributed by atoms with Gasteiger partial charge in [-0.15, -0.1) is 0 Å². The van der Waals surface area contributed by atoms with Crippen molar-refractivity contribution in [1.29, 1.82) is 5.53 Å². The Balaban J connectivity index is 2.86. The van der Waals surface area contributed by atoms with E-state index in [1.54, 1.807) is 18.2 Å². The molecule has 2 nitrogen and oxygen atoms in total. The van der Waals surface area contributed by atoms with Crippen molar-refractivity contribution in [2.45, 2.75) is 0 Å². The van der Waals surface area contributed by atoms with E-state index >= 15 is 0 Å². The third kappa shape index (κ3) is 1.28. The van der Waals surface area contributed by atoms with Gasteiger partial charge in [0.2, 0.25) is 0 Å². The first-order valence-electron chi connectivity index (χ1n) is 3.87. The van der Waals surface area contributed by atoms with E-state index in [2.05, 4.69) is 5.11 Å². The summed E-state index contributed by atoms with van der Waals surface area (Å²) in [4.78, 5) is 0. The molecule has 2 aromatic rings. The first-order chi connectivity index (χ1) is 6.31. The number of nitrogens with one attached hydrogen (secondary N) is 1. The minimum atomic E-state index is -0.302. The van der Waals surface area contributed by atoms with E-state index in [1.165, 1.54) is 12.1 Å². The van der Waals surface area contributed by atoms with Gasteiger partial charge in [-0.2, -0.15) is 5.11 Å². The molecule has 0 unspecified atom stereocenters. The highest BCUT2D eigenvalue weighted by Gasteiger charge is 2.00. The van der Waals surface area contributed by atoms with Gasteiger partial charge in [0, 0.05) is 5.39 Å². The van der Waals surface area contributed by atoms with Crippen LogP contribution in [0.4, 0.5) is 10.1 Å². The second kappa shape index (κ2) is 2.94. The topological polar surface area (TPSA) is 36.2 Å². The summed E-state index contributed by atoms with van der Waals surface area (Å²) in [6.07, 6.45) is 0. The maximum atomic E-state index is 12.9. The Kier molecular flexibility index (Phi) is 1.77. The zero-order valence-corrected chi connectivity index (χ0v) is 6.79. The lowest BCUT2D eigenvalue weighted by atomic mass is 10.1. The second-order valence-electron chi connectivity index (χ2n) is 2.75. The van der Waals surface area contributed by atoms with Crippen LogP contribution in [0.3, 0.4) is 0 Å².